The molecule has 3 fully saturated rings. The largest absolute Gasteiger partial charge is 0.299 e. The van der Waals surface area contributed by atoms with E-state index < -0.39 is 0 Å². The van der Waals surface area contributed by atoms with Gasteiger partial charge in [-0.25, -0.2) is 0 Å². The van der Waals surface area contributed by atoms with E-state index in [1.165, 1.54) is 31.2 Å². The lowest BCUT2D eigenvalue weighted by Gasteiger charge is -2.23. The molecule has 0 heterocycles. The molecule has 0 aromatic heterocycles. The molecule has 3 aliphatic rings. The smallest absolute Gasteiger partial charge is 0.143 e. The third kappa shape index (κ3) is 1.86. The van der Waals surface area contributed by atoms with Gasteiger partial charge < -0.3 is 0 Å². The molecule has 1 aromatic carbocycles. The maximum absolute atomic E-state index is 12.8. The van der Waals surface area contributed by atoms with Crippen LogP contribution in [-0.2, 0) is 10.2 Å². The lowest BCUT2D eigenvalue weighted by atomic mass is 9.80. The fourth-order valence-corrected chi connectivity index (χ4v) is 4.67. The Kier molecular flexibility index (Phi) is 2.58. The standard InChI is InChI=1S/C18H22O/c19-17(12-15-11-13-6-7-14(15)10-13)18(8-9-18)16-4-2-1-3-5-16/h1-5,13-15H,6-12H2. The number of hydrogen-bond acceptors (Lipinski definition) is 1. The van der Waals surface area contributed by atoms with Crippen molar-refractivity contribution in [1.82, 2.24) is 0 Å². The average molecular weight is 254 g/mol. The SMILES string of the molecule is O=C(CC1CC2CCC1C2)C1(c2ccccc2)CC1. The van der Waals surface area contributed by atoms with Crippen molar-refractivity contribution in [2.24, 2.45) is 17.8 Å². The summed E-state index contributed by atoms with van der Waals surface area (Å²) < 4.78 is 0. The zero-order chi connectivity index (χ0) is 12.9. The molecular formula is C18H22O. The van der Waals surface area contributed by atoms with Crippen molar-refractivity contribution in [3.05, 3.63) is 35.9 Å². The Labute approximate surface area is 115 Å². The predicted molar refractivity (Wildman–Crippen MR) is 75.9 cm³/mol. The van der Waals surface area contributed by atoms with Gasteiger partial charge >= 0.3 is 0 Å². The zero-order valence-electron chi connectivity index (χ0n) is 11.5. The van der Waals surface area contributed by atoms with Crippen molar-refractivity contribution < 1.29 is 4.79 Å². The Bertz CT molecular complexity index is 486. The summed E-state index contributed by atoms with van der Waals surface area (Å²) in [6.07, 6.45) is 8.58. The first-order valence-electron chi connectivity index (χ1n) is 7.87. The van der Waals surface area contributed by atoms with Crippen LogP contribution in [0.1, 0.15) is 50.5 Å². The number of hydrogen-bond donors (Lipinski definition) is 0. The highest BCUT2D eigenvalue weighted by Gasteiger charge is 2.52. The van der Waals surface area contributed by atoms with Crippen molar-refractivity contribution in [2.75, 3.05) is 0 Å². The normalized spacial score (nSPS) is 34.4. The fraction of sp³-hybridized carbons (Fsp3) is 0.611. The average Bonchev–Trinajstić information content (AvgIpc) is 3.01. The highest BCUT2D eigenvalue weighted by atomic mass is 16.1. The molecule has 1 aromatic rings. The number of Topliss-reactive ketones (excluding diaryl/α,β-unsaturated/α-hetero) is 1. The second kappa shape index (κ2) is 4.19. The monoisotopic (exact) mass is 254 g/mol. The minimum absolute atomic E-state index is 0.0803. The number of carbonyl (C=O) groups excluding carboxylic acids is 1. The summed E-state index contributed by atoms with van der Waals surface area (Å²) >= 11 is 0. The summed E-state index contributed by atoms with van der Waals surface area (Å²) in [6, 6.07) is 10.5. The molecule has 3 atom stereocenters. The fourth-order valence-electron chi connectivity index (χ4n) is 4.67. The van der Waals surface area contributed by atoms with Crippen LogP contribution in [0.25, 0.3) is 0 Å². The Hall–Kier alpha value is -1.11. The molecule has 1 nitrogen and oxygen atoms in total. The van der Waals surface area contributed by atoms with Crippen molar-refractivity contribution in [1.29, 1.82) is 0 Å². The van der Waals surface area contributed by atoms with E-state index >= 15 is 0 Å². The number of fused-ring (bicyclic) bond motifs is 2. The zero-order valence-corrected chi connectivity index (χ0v) is 11.5. The van der Waals surface area contributed by atoms with Gasteiger partial charge in [-0.15, -0.1) is 0 Å². The number of rotatable bonds is 4. The second-order valence-corrected chi connectivity index (χ2v) is 7.01. The predicted octanol–water partition coefficient (Wildman–Crippen LogP) is 4.11. The number of carbonyl (C=O) groups is 1. The highest BCUT2D eigenvalue weighted by Crippen LogP contribution is 2.54. The molecule has 2 bridgehead atoms. The van der Waals surface area contributed by atoms with Crippen molar-refractivity contribution in [3.63, 3.8) is 0 Å². The first-order valence-corrected chi connectivity index (χ1v) is 7.87. The first-order chi connectivity index (χ1) is 9.28. The summed E-state index contributed by atoms with van der Waals surface area (Å²) in [4.78, 5) is 12.8. The van der Waals surface area contributed by atoms with Gasteiger partial charge in [-0.1, -0.05) is 36.8 Å². The van der Waals surface area contributed by atoms with Crippen LogP contribution in [0.5, 0.6) is 0 Å². The van der Waals surface area contributed by atoms with E-state index in [1.807, 2.05) is 6.07 Å². The van der Waals surface area contributed by atoms with E-state index in [4.69, 9.17) is 0 Å². The van der Waals surface area contributed by atoms with E-state index in [9.17, 15) is 4.79 Å². The quantitative estimate of drug-likeness (QED) is 0.790. The maximum atomic E-state index is 12.8. The van der Waals surface area contributed by atoms with Crippen LogP contribution < -0.4 is 0 Å². The molecule has 3 aliphatic carbocycles. The molecule has 1 heteroatoms. The van der Waals surface area contributed by atoms with E-state index in [-0.39, 0.29) is 5.41 Å². The molecule has 4 rings (SSSR count). The van der Waals surface area contributed by atoms with Gasteiger partial charge in [0.15, 0.2) is 0 Å². The van der Waals surface area contributed by atoms with E-state index in [0.29, 0.717) is 11.7 Å². The number of benzene rings is 1. The molecule has 0 N–H and O–H groups in total. The molecule has 0 aliphatic heterocycles. The van der Waals surface area contributed by atoms with Gasteiger partial charge in [0.1, 0.15) is 5.78 Å². The van der Waals surface area contributed by atoms with Crippen LogP contribution in [0, 0.1) is 17.8 Å². The highest BCUT2D eigenvalue weighted by molar-refractivity contribution is 5.93. The first kappa shape index (κ1) is 11.7. The minimum Gasteiger partial charge on any atom is -0.299 e. The van der Waals surface area contributed by atoms with E-state index in [2.05, 4.69) is 24.3 Å². The van der Waals surface area contributed by atoms with Gasteiger partial charge in [0.25, 0.3) is 0 Å². The second-order valence-electron chi connectivity index (χ2n) is 7.01. The van der Waals surface area contributed by atoms with Crippen LogP contribution >= 0.6 is 0 Å². The van der Waals surface area contributed by atoms with Gasteiger partial charge in [-0.05, 0) is 55.4 Å². The molecule has 3 saturated carbocycles. The van der Waals surface area contributed by atoms with Crippen molar-refractivity contribution >= 4 is 5.78 Å². The van der Waals surface area contributed by atoms with Gasteiger partial charge in [0, 0.05) is 6.42 Å². The van der Waals surface area contributed by atoms with Crippen LogP contribution in [0.15, 0.2) is 30.3 Å². The van der Waals surface area contributed by atoms with Crippen molar-refractivity contribution in [3.8, 4) is 0 Å². The lowest BCUT2D eigenvalue weighted by molar-refractivity contribution is -0.122. The Morgan fingerprint density at radius 1 is 1.11 bits per heavy atom. The summed E-state index contributed by atoms with van der Waals surface area (Å²) in [6.45, 7) is 0. The van der Waals surface area contributed by atoms with Gasteiger partial charge in [0.05, 0.1) is 5.41 Å². The summed E-state index contributed by atoms with van der Waals surface area (Å²) in [5, 5.41) is 0. The summed E-state index contributed by atoms with van der Waals surface area (Å²) in [7, 11) is 0. The summed E-state index contributed by atoms with van der Waals surface area (Å²) in [5.74, 6) is 3.08. The molecule has 0 saturated heterocycles. The molecule has 3 unspecified atom stereocenters. The van der Waals surface area contributed by atoms with Gasteiger partial charge in [0.2, 0.25) is 0 Å². The van der Waals surface area contributed by atoms with Crippen LogP contribution in [0.2, 0.25) is 0 Å². The van der Waals surface area contributed by atoms with E-state index in [1.54, 1.807) is 0 Å². The van der Waals surface area contributed by atoms with Crippen LogP contribution in [0.3, 0.4) is 0 Å². The molecule has 19 heavy (non-hydrogen) atoms. The topological polar surface area (TPSA) is 17.1 Å². The van der Waals surface area contributed by atoms with Gasteiger partial charge in [-0.3, -0.25) is 4.79 Å². The van der Waals surface area contributed by atoms with Gasteiger partial charge in [-0.2, -0.15) is 0 Å². The Morgan fingerprint density at radius 3 is 2.47 bits per heavy atom. The number of ketones is 1. The third-order valence-corrected chi connectivity index (χ3v) is 5.94. The minimum atomic E-state index is -0.0803. The third-order valence-electron chi connectivity index (χ3n) is 5.94. The van der Waals surface area contributed by atoms with Crippen LogP contribution in [0.4, 0.5) is 0 Å². The van der Waals surface area contributed by atoms with Crippen molar-refractivity contribution in [2.45, 2.75) is 50.4 Å². The Balaban J connectivity index is 1.49. The van der Waals surface area contributed by atoms with Crippen LogP contribution in [-0.4, -0.2) is 5.78 Å². The van der Waals surface area contributed by atoms with E-state index in [0.717, 1.165) is 31.1 Å². The molecule has 0 amide bonds. The molecule has 100 valence electrons. The lowest BCUT2D eigenvalue weighted by Crippen LogP contribution is -2.25. The molecule has 0 spiro atoms. The molecular weight excluding hydrogens is 232 g/mol. The maximum Gasteiger partial charge on any atom is 0.143 e. The summed E-state index contributed by atoms with van der Waals surface area (Å²) in [5.41, 5.74) is 1.19. The Morgan fingerprint density at radius 2 is 1.89 bits per heavy atom. The molecule has 0 radical (unpaired) electrons.